The van der Waals surface area contributed by atoms with Gasteiger partial charge in [-0.05, 0) is 66.5 Å². The summed E-state index contributed by atoms with van der Waals surface area (Å²) >= 11 is 1.88. The first-order chi connectivity index (χ1) is 19.1. The number of nitrogens with zero attached hydrogens (tertiary/aromatic N) is 2. The maximum atomic E-state index is 14.0. The summed E-state index contributed by atoms with van der Waals surface area (Å²) in [6.07, 6.45) is 1.16. The van der Waals surface area contributed by atoms with Crippen LogP contribution in [0, 0.1) is 37.5 Å². The number of aryl methyl sites for hydroxylation is 2. The van der Waals surface area contributed by atoms with E-state index in [9.17, 15) is 10.1 Å². The van der Waals surface area contributed by atoms with Gasteiger partial charge in [-0.1, -0.05) is 80.1 Å². The summed E-state index contributed by atoms with van der Waals surface area (Å²) in [5.41, 5.74) is 16.6. The highest BCUT2D eigenvalue weighted by atomic mass is 32.2. The van der Waals surface area contributed by atoms with Crippen molar-refractivity contribution in [2.45, 2.75) is 64.9 Å². The Hall–Kier alpha value is -3.75. The molecule has 204 valence electrons. The number of nitrogens with two attached hydrogens (primary N) is 1. The van der Waals surface area contributed by atoms with Crippen molar-refractivity contribution >= 4 is 23.2 Å². The predicted molar refractivity (Wildman–Crippen MR) is 166 cm³/mol. The summed E-state index contributed by atoms with van der Waals surface area (Å²) in [4.78, 5) is 16.0. The van der Waals surface area contributed by atoms with Crippen LogP contribution in [0.1, 0.15) is 66.0 Å². The van der Waals surface area contributed by atoms with E-state index in [4.69, 9.17) is 5.73 Å². The van der Waals surface area contributed by atoms with Gasteiger partial charge in [0.25, 0.3) is 0 Å². The maximum Gasteiger partial charge on any atom is 0.162 e. The molecule has 0 radical (unpaired) electrons. The van der Waals surface area contributed by atoms with E-state index < -0.39 is 5.92 Å². The van der Waals surface area contributed by atoms with E-state index in [1.165, 1.54) is 11.1 Å². The molecule has 1 aliphatic heterocycles. The highest BCUT2D eigenvalue weighted by Gasteiger charge is 2.45. The lowest BCUT2D eigenvalue weighted by molar-refractivity contribution is -0.118. The lowest BCUT2D eigenvalue weighted by atomic mass is 9.68. The second kappa shape index (κ2) is 11.0. The van der Waals surface area contributed by atoms with Crippen LogP contribution in [0.15, 0.2) is 89.4 Å². The number of carbonyl (C=O) groups is 1. The SMILES string of the molecule is Cc1cc(CSCc2ccccc2)c(C)c(C2C(C#N)=C(N)N(c3ccccc3C)C3=C2C(=O)CC(C)(C)C3)c1. The fourth-order valence-electron chi connectivity index (χ4n) is 6.18. The number of para-hydroxylation sites is 1. The van der Waals surface area contributed by atoms with E-state index in [0.29, 0.717) is 24.2 Å². The molecule has 3 aromatic rings. The van der Waals surface area contributed by atoms with Gasteiger partial charge in [-0.2, -0.15) is 17.0 Å². The minimum Gasteiger partial charge on any atom is -0.384 e. The third-order valence-corrected chi connectivity index (χ3v) is 9.17. The largest absolute Gasteiger partial charge is 0.384 e. The summed E-state index contributed by atoms with van der Waals surface area (Å²) in [6.45, 7) is 10.5. The number of nitriles is 1. The summed E-state index contributed by atoms with van der Waals surface area (Å²) in [5.74, 6) is 1.84. The molecule has 1 heterocycles. The first-order valence-electron chi connectivity index (χ1n) is 13.8. The zero-order chi connectivity index (χ0) is 28.6. The molecular formula is C35H37N3OS. The zero-order valence-electron chi connectivity index (χ0n) is 24.0. The van der Waals surface area contributed by atoms with Gasteiger partial charge in [0.05, 0.1) is 23.2 Å². The molecule has 0 aromatic heterocycles. The quantitative estimate of drug-likeness (QED) is 0.339. The van der Waals surface area contributed by atoms with Gasteiger partial charge in [0.2, 0.25) is 0 Å². The number of Topliss-reactive ketones (excluding diaryl/α,β-unsaturated/α-hetero) is 1. The first kappa shape index (κ1) is 27.8. The Morgan fingerprint density at radius 3 is 2.40 bits per heavy atom. The smallest absolute Gasteiger partial charge is 0.162 e. The Kier molecular flexibility index (Phi) is 7.66. The molecule has 2 N–H and O–H groups in total. The lowest BCUT2D eigenvalue weighted by Gasteiger charge is -2.44. The van der Waals surface area contributed by atoms with E-state index >= 15 is 0 Å². The third-order valence-electron chi connectivity index (χ3n) is 8.12. The number of hydrogen-bond acceptors (Lipinski definition) is 5. The van der Waals surface area contributed by atoms with Gasteiger partial charge in [0, 0.05) is 29.2 Å². The van der Waals surface area contributed by atoms with Crippen LogP contribution in [0.5, 0.6) is 0 Å². The fraction of sp³-hybridized carbons (Fsp3) is 0.314. The Morgan fingerprint density at radius 2 is 1.70 bits per heavy atom. The standard InChI is InChI=1S/C35H37N3OS/c1-22-15-26(21-40-20-25-12-7-6-8-13-25)24(3)27(16-22)32-28(19-36)34(37)38(29-14-10-9-11-23(29)2)30-17-35(4,5)18-31(39)33(30)32/h6-16,32H,17-18,20-21,37H2,1-5H3. The van der Waals surface area contributed by atoms with Crippen molar-refractivity contribution in [3.05, 3.63) is 123 Å². The van der Waals surface area contributed by atoms with Crippen LogP contribution in [0.4, 0.5) is 5.69 Å². The van der Waals surface area contributed by atoms with Gasteiger partial charge in [-0.3, -0.25) is 9.69 Å². The number of hydrogen-bond donors (Lipinski definition) is 1. The Labute approximate surface area is 242 Å². The van der Waals surface area contributed by atoms with Crippen LogP contribution < -0.4 is 10.6 Å². The van der Waals surface area contributed by atoms with Crippen LogP contribution in [0.3, 0.4) is 0 Å². The number of rotatable bonds is 6. The number of anilines is 1. The van der Waals surface area contributed by atoms with Gasteiger partial charge in [-0.25, -0.2) is 0 Å². The molecule has 1 aliphatic carbocycles. The number of ketones is 1. The van der Waals surface area contributed by atoms with Crippen molar-refractivity contribution in [2.24, 2.45) is 11.1 Å². The van der Waals surface area contributed by atoms with Gasteiger partial charge < -0.3 is 5.73 Å². The minimum absolute atomic E-state index is 0.107. The van der Waals surface area contributed by atoms with Gasteiger partial charge in [0.15, 0.2) is 5.78 Å². The molecule has 3 aromatic carbocycles. The summed E-state index contributed by atoms with van der Waals surface area (Å²) in [7, 11) is 0. The zero-order valence-corrected chi connectivity index (χ0v) is 24.9. The van der Waals surface area contributed by atoms with Crippen LogP contribution >= 0.6 is 11.8 Å². The highest BCUT2D eigenvalue weighted by molar-refractivity contribution is 7.97. The lowest BCUT2D eigenvalue weighted by Crippen LogP contribution is -2.42. The number of allylic oxidation sites excluding steroid dienone is 3. The number of benzene rings is 3. The Bertz CT molecular complexity index is 1580. The molecule has 0 amide bonds. The molecule has 0 spiro atoms. The predicted octanol–water partition coefficient (Wildman–Crippen LogP) is 7.99. The molecule has 5 heteroatoms. The van der Waals surface area contributed by atoms with Crippen molar-refractivity contribution in [1.29, 1.82) is 5.26 Å². The summed E-state index contributed by atoms with van der Waals surface area (Å²) in [5, 5.41) is 10.6. The van der Waals surface area contributed by atoms with Crippen LogP contribution in [0.2, 0.25) is 0 Å². The Balaban J connectivity index is 1.64. The summed E-state index contributed by atoms with van der Waals surface area (Å²) in [6, 6.07) is 25.4. The highest BCUT2D eigenvalue weighted by Crippen LogP contribution is 2.51. The topological polar surface area (TPSA) is 70.1 Å². The summed E-state index contributed by atoms with van der Waals surface area (Å²) < 4.78 is 0. The van der Waals surface area contributed by atoms with Crippen LogP contribution in [-0.2, 0) is 16.3 Å². The molecule has 1 unspecified atom stereocenters. The molecule has 2 aliphatic rings. The monoisotopic (exact) mass is 547 g/mol. The Morgan fingerprint density at radius 1 is 1.00 bits per heavy atom. The second-order valence-electron chi connectivity index (χ2n) is 11.9. The molecule has 0 saturated carbocycles. The first-order valence-corrected chi connectivity index (χ1v) is 15.0. The van der Waals surface area contributed by atoms with Gasteiger partial charge in [0.1, 0.15) is 5.82 Å². The van der Waals surface area contributed by atoms with Crippen molar-refractivity contribution in [1.82, 2.24) is 0 Å². The second-order valence-corrected chi connectivity index (χ2v) is 12.9. The molecular weight excluding hydrogens is 510 g/mol. The number of carbonyl (C=O) groups excluding carboxylic acids is 1. The van der Waals surface area contributed by atoms with Gasteiger partial charge in [-0.15, -0.1) is 0 Å². The van der Waals surface area contributed by atoms with E-state index in [2.05, 4.69) is 70.2 Å². The van der Waals surface area contributed by atoms with Gasteiger partial charge >= 0.3 is 0 Å². The van der Waals surface area contributed by atoms with E-state index in [1.54, 1.807) is 0 Å². The molecule has 0 bridgehead atoms. The van der Waals surface area contributed by atoms with Crippen molar-refractivity contribution in [3.8, 4) is 6.07 Å². The third kappa shape index (κ3) is 5.21. The minimum atomic E-state index is -0.471. The molecule has 5 rings (SSSR count). The molecule has 40 heavy (non-hydrogen) atoms. The van der Waals surface area contributed by atoms with Crippen molar-refractivity contribution in [3.63, 3.8) is 0 Å². The molecule has 4 nitrogen and oxygen atoms in total. The molecule has 1 atom stereocenters. The maximum absolute atomic E-state index is 14.0. The van der Waals surface area contributed by atoms with E-state index in [1.807, 2.05) is 53.9 Å². The van der Waals surface area contributed by atoms with E-state index in [0.717, 1.165) is 50.7 Å². The van der Waals surface area contributed by atoms with Crippen molar-refractivity contribution in [2.75, 3.05) is 4.90 Å². The number of thioether (sulfide) groups is 1. The average Bonchev–Trinajstić information content (AvgIpc) is 2.90. The fourth-order valence-corrected chi connectivity index (χ4v) is 7.23. The van der Waals surface area contributed by atoms with Crippen LogP contribution in [-0.4, -0.2) is 5.78 Å². The van der Waals surface area contributed by atoms with E-state index in [-0.39, 0.29) is 11.2 Å². The van der Waals surface area contributed by atoms with Crippen molar-refractivity contribution < 1.29 is 4.79 Å². The molecule has 0 saturated heterocycles. The normalized spacial score (nSPS) is 18.6. The molecule has 0 fully saturated rings. The van der Waals surface area contributed by atoms with Crippen LogP contribution in [0.25, 0.3) is 0 Å². The average molecular weight is 548 g/mol.